The van der Waals surface area contributed by atoms with Crippen LogP contribution < -0.4 is 0 Å². The van der Waals surface area contributed by atoms with Gasteiger partial charge in [0.15, 0.2) is 5.76 Å². The fourth-order valence-corrected chi connectivity index (χ4v) is 3.84. The number of hydrogen-bond acceptors (Lipinski definition) is 4. The Morgan fingerprint density at radius 1 is 1.12 bits per heavy atom. The minimum absolute atomic E-state index is 0.106. The fourth-order valence-electron chi connectivity index (χ4n) is 3.84. The van der Waals surface area contributed by atoms with Gasteiger partial charge in [0.25, 0.3) is 0 Å². The molecule has 0 bridgehead atoms. The lowest BCUT2D eigenvalue weighted by atomic mass is 9.58. The zero-order valence-corrected chi connectivity index (χ0v) is 14.9. The molecule has 4 rings (SSSR count). The maximum absolute atomic E-state index is 11.3. The lowest BCUT2D eigenvalue weighted by Gasteiger charge is -2.45. The van der Waals surface area contributed by atoms with Crippen LogP contribution in [0.2, 0.25) is 0 Å². The van der Waals surface area contributed by atoms with Gasteiger partial charge >= 0.3 is 5.97 Å². The number of furan rings is 1. The van der Waals surface area contributed by atoms with E-state index >= 15 is 0 Å². The van der Waals surface area contributed by atoms with Gasteiger partial charge in [0.2, 0.25) is 0 Å². The van der Waals surface area contributed by atoms with Gasteiger partial charge < -0.3 is 9.25 Å². The van der Waals surface area contributed by atoms with Crippen LogP contribution in [-0.4, -0.2) is 11.7 Å². The lowest BCUT2D eigenvalue weighted by molar-refractivity contribution is -0.141. The third kappa shape index (κ3) is 3.03. The summed E-state index contributed by atoms with van der Waals surface area (Å²) < 4.78 is 5.97. The second-order valence-electron chi connectivity index (χ2n) is 7.24. The van der Waals surface area contributed by atoms with Crippen molar-refractivity contribution in [1.82, 2.24) is 0 Å². The number of hydrogen-bond donors (Lipinski definition) is 0. The van der Waals surface area contributed by atoms with Crippen LogP contribution in [0.1, 0.15) is 38.0 Å². The van der Waals surface area contributed by atoms with Crippen molar-refractivity contribution in [3.05, 3.63) is 72.0 Å². The summed E-state index contributed by atoms with van der Waals surface area (Å²) >= 11 is 0. The highest BCUT2D eigenvalue weighted by Crippen LogP contribution is 2.49. The predicted molar refractivity (Wildman–Crippen MR) is 101 cm³/mol. The first kappa shape index (κ1) is 16.6. The number of para-hydroxylation sites is 1. The van der Waals surface area contributed by atoms with Gasteiger partial charge in [-0.1, -0.05) is 60.6 Å². The Hall–Kier alpha value is -2.88. The molecule has 0 amide bonds. The van der Waals surface area contributed by atoms with Crippen molar-refractivity contribution in [3.63, 3.8) is 0 Å². The molecule has 4 heteroatoms. The minimum atomic E-state index is -0.427. The van der Waals surface area contributed by atoms with E-state index in [1.165, 1.54) is 12.5 Å². The van der Waals surface area contributed by atoms with E-state index in [1.54, 1.807) is 0 Å². The Kier molecular flexibility index (Phi) is 4.11. The highest BCUT2D eigenvalue weighted by atomic mass is 16.7. The van der Waals surface area contributed by atoms with Gasteiger partial charge in [-0.3, -0.25) is 0 Å². The maximum Gasteiger partial charge on any atom is 0.331 e. The standard InChI is InChI=1S/C22H21NO3/c1-15(24)26-23-21(20-12-16-8-6-7-11-19(16)25-20)17-13-22(2,14-17)18-9-4-3-5-10-18/h3-12,17H,13-14H2,1-2H3. The van der Waals surface area contributed by atoms with E-state index in [1.807, 2.05) is 36.4 Å². The zero-order valence-electron chi connectivity index (χ0n) is 14.9. The third-order valence-electron chi connectivity index (χ3n) is 5.20. The Morgan fingerprint density at radius 3 is 2.50 bits per heavy atom. The molecule has 0 atom stereocenters. The summed E-state index contributed by atoms with van der Waals surface area (Å²) in [4.78, 5) is 16.2. The molecule has 0 radical (unpaired) electrons. The van der Waals surface area contributed by atoms with Crippen molar-refractivity contribution in [1.29, 1.82) is 0 Å². The van der Waals surface area contributed by atoms with E-state index in [9.17, 15) is 4.79 Å². The van der Waals surface area contributed by atoms with Crippen molar-refractivity contribution < 1.29 is 14.0 Å². The number of nitrogens with zero attached hydrogens (tertiary/aromatic N) is 1. The second kappa shape index (κ2) is 6.45. The Bertz CT molecular complexity index is 932. The van der Waals surface area contributed by atoms with Gasteiger partial charge in [0.1, 0.15) is 11.3 Å². The van der Waals surface area contributed by atoms with Crippen LogP contribution in [0.4, 0.5) is 0 Å². The Labute approximate surface area is 152 Å². The van der Waals surface area contributed by atoms with Crippen molar-refractivity contribution in [2.75, 3.05) is 0 Å². The van der Waals surface area contributed by atoms with Crippen LogP contribution in [0.3, 0.4) is 0 Å². The summed E-state index contributed by atoms with van der Waals surface area (Å²) in [5.74, 6) is 0.441. The van der Waals surface area contributed by atoms with Crippen molar-refractivity contribution in [3.8, 4) is 0 Å². The molecule has 0 saturated heterocycles. The van der Waals surface area contributed by atoms with Gasteiger partial charge in [-0.25, -0.2) is 4.79 Å². The summed E-state index contributed by atoms with van der Waals surface area (Å²) in [6.45, 7) is 3.62. The monoisotopic (exact) mass is 347 g/mol. The van der Waals surface area contributed by atoms with E-state index in [2.05, 4.69) is 36.3 Å². The van der Waals surface area contributed by atoms with Gasteiger partial charge in [-0.05, 0) is 36.0 Å². The zero-order chi connectivity index (χ0) is 18.1. The van der Waals surface area contributed by atoms with Gasteiger partial charge in [-0.2, -0.15) is 0 Å². The van der Waals surface area contributed by atoms with Crippen LogP contribution in [0.25, 0.3) is 11.0 Å². The van der Waals surface area contributed by atoms with Gasteiger partial charge in [-0.15, -0.1) is 0 Å². The maximum atomic E-state index is 11.3. The number of rotatable bonds is 4. The van der Waals surface area contributed by atoms with Crippen LogP contribution in [0, 0.1) is 5.92 Å². The van der Waals surface area contributed by atoms with E-state index < -0.39 is 5.97 Å². The molecule has 4 nitrogen and oxygen atoms in total. The van der Waals surface area contributed by atoms with Crippen LogP contribution >= 0.6 is 0 Å². The highest BCUT2D eigenvalue weighted by molar-refractivity contribution is 6.03. The van der Waals surface area contributed by atoms with E-state index in [-0.39, 0.29) is 11.3 Å². The smallest absolute Gasteiger partial charge is 0.331 e. The van der Waals surface area contributed by atoms with Crippen molar-refractivity contribution in [2.24, 2.45) is 11.1 Å². The molecular weight excluding hydrogens is 326 g/mol. The van der Waals surface area contributed by atoms with Gasteiger partial charge in [0.05, 0.1) is 0 Å². The molecule has 1 saturated carbocycles. The molecule has 1 heterocycles. The van der Waals surface area contributed by atoms with Crippen molar-refractivity contribution in [2.45, 2.75) is 32.1 Å². The largest absolute Gasteiger partial charge is 0.455 e. The molecule has 1 fully saturated rings. The highest BCUT2D eigenvalue weighted by Gasteiger charge is 2.45. The number of fused-ring (bicyclic) bond motifs is 1. The summed E-state index contributed by atoms with van der Waals surface area (Å²) in [6, 6.07) is 20.3. The molecular formula is C22H21NO3. The lowest BCUT2D eigenvalue weighted by Crippen LogP contribution is -2.42. The van der Waals surface area contributed by atoms with Crippen molar-refractivity contribution >= 4 is 22.7 Å². The Balaban J connectivity index is 1.63. The number of carbonyl (C=O) groups excluding carboxylic acids is 1. The third-order valence-corrected chi connectivity index (χ3v) is 5.20. The molecule has 1 aliphatic carbocycles. The summed E-state index contributed by atoms with van der Waals surface area (Å²) in [5.41, 5.74) is 2.95. The second-order valence-corrected chi connectivity index (χ2v) is 7.24. The number of oxime groups is 1. The normalized spacial score (nSPS) is 22.8. The number of benzene rings is 2. The minimum Gasteiger partial charge on any atom is -0.455 e. The van der Waals surface area contributed by atoms with Crippen LogP contribution in [0.5, 0.6) is 0 Å². The fraction of sp³-hybridized carbons (Fsp3) is 0.273. The molecule has 26 heavy (non-hydrogen) atoms. The van der Waals surface area contributed by atoms with E-state index in [0.717, 1.165) is 23.8 Å². The molecule has 0 N–H and O–H groups in total. The number of carbonyl (C=O) groups is 1. The molecule has 3 aromatic rings. The predicted octanol–water partition coefficient (Wildman–Crippen LogP) is 5.07. The van der Waals surface area contributed by atoms with E-state index in [0.29, 0.717) is 11.5 Å². The molecule has 0 unspecified atom stereocenters. The van der Waals surface area contributed by atoms with E-state index in [4.69, 9.17) is 9.25 Å². The van der Waals surface area contributed by atoms with Crippen LogP contribution in [-0.2, 0) is 15.0 Å². The molecule has 2 aromatic carbocycles. The molecule has 132 valence electrons. The average Bonchev–Trinajstić information content (AvgIpc) is 3.04. The molecule has 1 aliphatic rings. The SMILES string of the molecule is CC(=O)ON=C(c1cc2ccccc2o1)C1CC(C)(c2ccccc2)C1. The first-order chi connectivity index (χ1) is 12.5. The van der Waals surface area contributed by atoms with Gasteiger partial charge in [0, 0.05) is 18.2 Å². The summed E-state index contributed by atoms with van der Waals surface area (Å²) in [5, 5.41) is 5.16. The molecule has 0 spiro atoms. The topological polar surface area (TPSA) is 51.8 Å². The first-order valence-electron chi connectivity index (χ1n) is 8.85. The van der Waals surface area contributed by atoms with Crippen LogP contribution in [0.15, 0.2) is 70.2 Å². The molecule has 1 aromatic heterocycles. The average molecular weight is 347 g/mol. The quantitative estimate of drug-likeness (QED) is 0.376. The Morgan fingerprint density at radius 2 is 1.81 bits per heavy atom. The molecule has 0 aliphatic heterocycles. The summed E-state index contributed by atoms with van der Waals surface area (Å²) in [6.07, 6.45) is 1.88. The first-order valence-corrected chi connectivity index (χ1v) is 8.85. The summed E-state index contributed by atoms with van der Waals surface area (Å²) in [7, 11) is 0.